The van der Waals surface area contributed by atoms with Crippen molar-refractivity contribution >= 4 is 45.6 Å². The molecule has 1 aliphatic rings. The Hall–Kier alpha value is -1.71. The van der Waals surface area contributed by atoms with Gasteiger partial charge in [-0.1, -0.05) is 17.7 Å². The number of piperazine rings is 1. The van der Waals surface area contributed by atoms with Crippen molar-refractivity contribution in [3.63, 3.8) is 0 Å². The standard InChI is InChI=1S/C17H19ClN4O3S.ClH/c1-12(23)21-16-5-4-14(9-15(16)18)26(24,25)22-8-7-20-11-17(22)13-3-2-6-19-10-13;/h2-6,9-10,17,20H,7-8,11H2,1H3,(H,21,23);1H. The lowest BCUT2D eigenvalue weighted by molar-refractivity contribution is -0.114. The number of sulfonamides is 1. The number of anilines is 1. The molecule has 0 aliphatic carbocycles. The van der Waals surface area contributed by atoms with Gasteiger partial charge in [-0.15, -0.1) is 12.4 Å². The van der Waals surface area contributed by atoms with E-state index < -0.39 is 10.0 Å². The van der Waals surface area contributed by atoms with Gasteiger partial charge in [0.05, 0.1) is 21.6 Å². The molecule has 3 rings (SSSR count). The summed E-state index contributed by atoms with van der Waals surface area (Å²) in [6.07, 6.45) is 3.33. The van der Waals surface area contributed by atoms with Crippen LogP contribution in [0.2, 0.25) is 5.02 Å². The third-order valence-electron chi connectivity index (χ3n) is 4.12. The summed E-state index contributed by atoms with van der Waals surface area (Å²) in [7, 11) is -3.76. The molecule has 1 aromatic carbocycles. The number of halogens is 2. The molecule has 0 radical (unpaired) electrons. The van der Waals surface area contributed by atoms with E-state index in [1.807, 2.05) is 6.07 Å². The molecule has 1 fully saturated rings. The average Bonchev–Trinajstić information content (AvgIpc) is 2.63. The van der Waals surface area contributed by atoms with E-state index in [1.165, 1.54) is 29.4 Å². The smallest absolute Gasteiger partial charge is 0.243 e. The van der Waals surface area contributed by atoms with Crippen LogP contribution in [0, 0.1) is 0 Å². The van der Waals surface area contributed by atoms with Crippen LogP contribution in [0.15, 0.2) is 47.6 Å². The number of amides is 1. The lowest BCUT2D eigenvalue weighted by Gasteiger charge is -2.35. The van der Waals surface area contributed by atoms with E-state index in [9.17, 15) is 13.2 Å². The molecule has 1 aromatic heterocycles. The normalized spacial score (nSPS) is 17.8. The number of rotatable bonds is 4. The fourth-order valence-electron chi connectivity index (χ4n) is 2.91. The first-order chi connectivity index (χ1) is 12.4. The Balaban J connectivity index is 0.00000261. The molecule has 1 atom stereocenters. The highest BCUT2D eigenvalue weighted by Gasteiger charge is 2.34. The van der Waals surface area contributed by atoms with Gasteiger partial charge in [-0.25, -0.2) is 8.42 Å². The van der Waals surface area contributed by atoms with Gasteiger partial charge in [-0.3, -0.25) is 9.78 Å². The quantitative estimate of drug-likeness (QED) is 0.776. The minimum atomic E-state index is -3.76. The summed E-state index contributed by atoms with van der Waals surface area (Å²) in [6, 6.07) is 7.61. The van der Waals surface area contributed by atoms with Gasteiger partial charge in [0.2, 0.25) is 15.9 Å². The summed E-state index contributed by atoms with van der Waals surface area (Å²) in [5, 5.41) is 5.97. The van der Waals surface area contributed by atoms with Crippen LogP contribution in [0.25, 0.3) is 0 Å². The molecule has 146 valence electrons. The minimum Gasteiger partial charge on any atom is -0.325 e. The van der Waals surface area contributed by atoms with Gasteiger partial charge >= 0.3 is 0 Å². The van der Waals surface area contributed by atoms with Crippen LogP contribution in [0.1, 0.15) is 18.5 Å². The third kappa shape index (κ3) is 4.77. The predicted molar refractivity (Wildman–Crippen MR) is 107 cm³/mol. The fraction of sp³-hybridized carbons (Fsp3) is 0.294. The molecule has 10 heteroatoms. The molecule has 7 nitrogen and oxygen atoms in total. The number of hydrogen-bond acceptors (Lipinski definition) is 5. The van der Waals surface area contributed by atoms with E-state index in [0.717, 1.165) is 5.56 Å². The molecule has 2 N–H and O–H groups in total. The summed E-state index contributed by atoms with van der Waals surface area (Å²) in [4.78, 5) is 15.4. The maximum Gasteiger partial charge on any atom is 0.243 e. The van der Waals surface area contributed by atoms with Crippen LogP contribution in [0.4, 0.5) is 5.69 Å². The monoisotopic (exact) mass is 430 g/mol. The van der Waals surface area contributed by atoms with Crippen molar-refractivity contribution in [2.75, 3.05) is 25.0 Å². The van der Waals surface area contributed by atoms with Gasteiger partial charge in [0.15, 0.2) is 0 Å². The first-order valence-electron chi connectivity index (χ1n) is 8.09. The van der Waals surface area contributed by atoms with Crippen molar-refractivity contribution in [3.05, 3.63) is 53.3 Å². The van der Waals surface area contributed by atoms with Gasteiger partial charge in [0.1, 0.15) is 0 Å². The lowest BCUT2D eigenvalue weighted by Crippen LogP contribution is -2.48. The molecule has 0 spiro atoms. The van der Waals surface area contributed by atoms with Crippen LogP contribution in [0.5, 0.6) is 0 Å². The summed E-state index contributed by atoms with van der Waals surface area (Å²) in [6.45, 7) is 2.77. The van der Waals surface area contributed by atoms with Crippen molar-refractivity contribution in [2.24, 2.45) is 0 Å². The number of nitrogens with zero attached hydrogens (tertiary/aromatic N) is 2. The van der Waals surface area contributed by atoms with Crippen molar-refractivity contribution in [1.82, 2.24) is 14.6 Å². The van der Waals surface area contributed by atoms with Gasteiger partial charge < -0.3 is 10.6 Å². The summed E-state index contributed by atoms with van der Waals surface area (Å²) in [5.41, 5.74) is 1.20. The summed E-state index contributed by atoms with van der Waals surface area (Å²) in [5.74, 6) is -0.277. The Kier molecular flexibility index (Phi) is 7.19. The molecule has 2 heterocycles. The van der Waals surface area contributed by atoms with E-state index in [2.05, 4.69) is 15.6 Å². The van der Waals surface area contributed by atoms with E-state index in [4.69, 9.17) is 11.6 Å². The highest BCUT2D eigenvalue weighted by molar-refractivity contribution is 7.89. The summed E-state index contributed by atoms with van der Waals surface area (Å²) >= 11 is 6.15. The Bertz CT molecular complexity index is 910. The largest absolute Gasteiger partial charge is 0.325 e. The van der Waals surface area contributed by atoms with Crippen LogP contribution in [-0.2, 0) is 14.8 Å². The number of carbonyl (C=O) groups excluding carboxylic acids is 1. The van der Waals surface area contributed by atoms with E-state index >= 15 is 0 Å². The van der Waals surface area contributed by atoms with Crippen LogP contribution in [0.3, 0.4) is 0 Å². The van der Waals surface area contributed by atoms with Crippen molar-refractivity contribution in [1.29, 1.82) is 0 Å². The molecule has 1 saturated heterocycles. The summed E-state index contributed by atoms with van der Waals surface area (Å²) < 4.78 is 27.8. The number of benzene rings is 1. The molecular weight excluding hydrogens is 411 g/mol. The zero-order chi connectivity index (χ0) is 18.7. The van der Waals surface area contributed by atoms with E-state index in [-0.39, 0.29) is 34.3 Å². The Morgan fingerprint density at radius 2 is 2.15 bits per heavy atom. The fourth-order valence-corrected chi connectivity index (χ4v) is 4.85. The second-order valence-electron chi connectivity index (χ2n) is 5.94. The van der Waals surface area contributed by atoms with E-state index in [0.29, 0.717) is 25.3 Å². The third-order valence-corrected chi connectivity index (χ3v) is 6.34. The average molecular weight is 431 g/mol. The molecule has 27 heavy (non-hydrogen) atoms. The van der Waals surface area contributed by atoms with Gasteiger partial charge in [0, 0.05) is 39.0 Å². The molecule has 0 bridgehead atoms. The first kappa shape index (κ1) is 21.6. The highest BCUT2D eigenvalue weighted by Crippen LogP contribution is 2.31. The van der Waals surface area contributed by atoms with Crippen molar-refractivity contribution < 1.29 is 13.2 Å². The number of hydrogen-bond donors (Lipinski definition) is 2. The molecule has 1 aliphatic heterocycles. The van der Waals surface area contributed by atoms with Gasteiger partial charge in [-0.2, -0.15) is 4.31 Å². The first-order valence-corrected chi connectivity index (χ1v) is 9.91. The van der Waals surface area contributed by atoms with Gasteiger partial charge in [-0.05, 0) is 29.8 Å². The van der Waals surface area contributed by atoms with Crippen LogP contribution >= 0.6 is 24.0 Å². The molecule has 1 amide bonds. The second kappa shape index (κ2) is 8.99. The highest BCUT2D eigenvalue weighted by atomic mass is 35.5. The minimum absolute atomic E-state index is 0. The number of carbonyl (C=O) groups is 1. The molecule has 1 unspecified atom stereocenters. The number of nitrogens with one attached hydrogen (secondary N) is 2. The van der Waals surface area contributed by atoms with Crippen molar-refractivity contribution in [3.8, 4) is 0 Å². The maximum absolute atomic E-state index is 13.2. The van der Waals surface area contributed by atoms with Crippen LogP contribution in [-0.4, -0.2) is 43.2 Å². The Labute approximate surface area is 169 Å². The Morgan fingerprint density at radius 1 is 1.37 bits per heavy atom. The van der Waals surface area contributed by atoms with Gasteiger partial charge in [0.25, 0.3) is 0 Å². The zero-order valence-corrected chi connectivity index (χ0v) is 16.9. The molecule has 2 aromatic rings. The molecule has 0 saturated carbocycles. The maximum atomic E-state index is 13.2. The zero-order valence-electron chi connectivity index (χ0n) is 14.6. The molecular formula is C17H20Cl2N4O3S. The van der Waals surface area contributed by atoms with Crippen LogP contribution < -0.4 is 10.6 Å². The predicted octanol–water partition coefficient (Wildman–Crippen LogP) is 2.45. The van der Waals surface area contributed by atoms with E-state index in [1.54, 1.807) is 18.5 Å². The van der Waals surface area contributed by atoms with Crippen molar-refractivity contribution in [2.45, 2.75) is 17.9 Å². The second-order valence-corrected chi connectivity index (χ2v) is 8.24. The topological polar surface area (TPSA) is 91.4 Å². The lowest BCUT2D eigenvalue weighted by atomic mass is 10.1. The number of pyridine rings is 1. The SMILES string of the molecule is CC(=O)Nc1ccc(S(=O)(=O)N2CCNCC2c2cccnc2)cc1Cl.Cl. The Morgan fingerprint density at radius 3 is 2.78 bits per heavy atom. The number of aromatic nitrogens is 1.